The van der Waals surface area contributed by atoms with Crippen LogP contribution in [0.3, 0.4) is 0 Å². The third kappa shape index (κ3) is 6.38. The number of aromatic nitrogens is 1. The van der Waals surface area contributed by atoms with E-state index in [1.54, 1.807) is 0 Å². The SMILES string of the molecule is c1ccc(-c2ccccc2-c2ccccc2N(c2ccc(-c3cccc(-n4c5ccccc5c5ccccc54)c3)cc2)c2cccc(-c3ccc4c(c3)oc3ccccc34)c2)cc1. The van der Waals surface area contributed by atoms with Gasteiger partial charge in [-0.05, 0) is 112 Å². The molecule has 0 N–H and O–H groups in total. The Kier molecular flexibility index (Phi) is 8.83. The molecule has 3 heteroatoms. The Balaban J connectivity index is 0.989. The van der Waals surface area contributed by atoms with E-state index in [2.05, 4.69) is 240 Å². The van der Waals surface area contributed by atoms with Crippen molar-refractivity contribution in [3.63, 3.8) is 0 Å². The molecule has 63 heavy (non-hydrogen) atoms. The van der Waals surface area contributed by atoms with Crippen LogP contribution >= 0.6 is 0 Å². The van der Waals surface area contributed by atoms with Crippen molar-refractivity contribution in [2.24, 2.45) is 0 Å². The smallest absolute Gasteiger partial charge is 0.136 e. The zero-order chi connectivity index (χ0) is 41.7. The summed E-state index contributed by atoms with van der Waals surface area (Å²) in [6, 6.07) is 87.2. The van der Waals surface area contributed by atoms with Crippen molar-refractivity contribution in [2.75, 3.05) is 4.90 Å². The van der Waals surface area contributed by atoms with Gasteiger partial charge in [-0.25, -0.2) is 0 Å². The number of furan rings is 1. The summed E-state index contributed by atoms with van der Waals surface area (Å²) in [6.07, 6.45) is 0. The maximum atomic E-state index is 6.35. The lowest BCUT2D eigenvalue weighted by atomic mass is 9.93. The van der Waals surface area contributed by atoms with Crippen molar-refractivity contribution in [2.45, 2.75) is 0 Å². The second-order valence-corrected chi connectivity index (χ2v) is 16.1. The molecule has 0 aliphatic heterocycles. The standard InChI is InChI=1S/C60H40N2O/c1-2-16-42(17-3-1)49-22-4-5-23-50(49)51-24-6-10-28-56(51)61(47-20-15-19-44(39-47)45-34-37-55-54-27-9-13-31-59(54)63-60(55)40-45)46-35-32-41(33-36-46)43-18-14-21-48(38-43)62-57-29-11-7-25-52(57)53-26-8-12-30-58(53)62/h1-40H. The Morgan fingerprint density at radius 3 is 1.63 bits per heavy atom. The van der Waals surface area contributed by atoms with Gasteiger partial charge in [0.25, 0.3) is 0 Å². The first-order chi connectivity index (χ1) is 31.2. The molecule has 0 saturated heterocycles. The Labute approximate surface area is 366 Å². The highest BCUT2D eigenvalue weighted by Gasteiger charge is 2.20. The van der Waals surface area contributed by atoms with Gasteiger partial charge in [-0.15, -0.1) is 0 Å². The average Bonchev–Trinajstić information content (AvgIpc) is 3.90. The normalized spacial score (nSPS) is 11.5. The molecule has 2 aromatic heterocycles. The highest BCUT2D eigenvalue weighted by molar-refractivity contribution is 6.09. The third-order valence-corrected chi connectivity index (χ3v) is 12.4. The first kappa shape index (κ1) is 36.5. The summed E-state index contributed by atoms with van der Waals surface area (Å²) in [5.41, 5.74) is 17.8. The molecular formula is C60H40N2O. The number of benzene rings is 10. The van der Waals surface area contributed by atoms with Crippen molar-refractivity contribution < 1.29 is 4.42 Å². The molecule has 0 fully saturated rings. The topological polar surface area (TPSA) is 21.3 Å². The van der Waals surface area contributed by atoms with E-state index in [4.69, 9.17) is 4.42 Å². The highest BCUT2D eigenvalue weighted by Crippen LogP contribution is 2.45. The molecule has 3 nitrogen and oxygen atoms in total. The van der Waals surface area contributed by atoms with Crippen LogP contribution in [0, 0.1) is 0 Å². The Morgan fingerprint density at radius 2 is 0.857 bits per heavy atom. The van der Waals surface area contributed by atoms with Crippen LogP contribution < -0.4 is 4.90 Å². The van der Waals surface area contributed by atoms with E-state index in [1.165, 1.54) is 38.5 Å². The Bertz CT molecular complexity index is 3580. The minimum atomic E-state index is 0.886. The molecule has 0 aliphatic rings. The van der Waals surface area contributed by atoms with Crippen molar-refractivity contribution >= 4 is 60.8 Å². The van der Waals surface area contributed by atoms with Crippen LogP contribution in [0.15, 0.2) is 247 Å². The minimum Gasteiger partial charge on any atom is -0.456 e. The lowest BCUT2D eigenvalue weighted by Crippen LogP contribution is -2.11. The van der Waals surface area contributed by atoms with Crippen LogP contribution in [-0.2, 0) is 0 Å². The largest absolute Gasteiger partial charge is 0.456 e. The predicted octanol–water partition coefficient (Wildman–Crippen LogP) is 16.8. The van der Waals surface area contributed by atoms with Crippen LogP contribution in [-0.4, -0.2) is 4.57 Å². The quantitative estimate of drug-likeness (QED) is 0.153. The molecule has 0 bridgehead atoms. The third-order valence-electron chi connectivity index (χ3n) is 12.4. The lowest BCUT2D eigenvalue weighted by molar-refractivity contribution is 0.669. The van der Waals surface area contributed by atoms with Crippen molar-refractivity contribution in [3.05, 3.63) is 243 Å². The molecule has 2 heterocycles. The zero-order valence-electron chi connectivity index (χ0n) is 34.4. The van der Waals surface area contributed by atoms with Gasteiger partial charge in [0.2, 0.25) is 0 Å². The summed E-state index contributed by atoms with van der Waals surface area (Å²) in [5, 5.41) is 4.77. The van der Waals surface area contributed by atoms with Gasteiger partial charge in [-0.3, -0.25) is 0 Å². The van der Waals surface area contributed by atoms with Crippen molar-refractivity contribution in [1.29, 1.82) is 0 Å². The molecule has 0 unspecified atom stereocenters. The molecule has 296 valence electrons. The number of fused-ring (bicyclic) bond motifs is 6. The number of hydrogen-bond acceptors (Lipinski definition) is 2. The number of hydrogen-bond donors (Lipinski definition) is 0. The molecule has 0 atom stereocenters. The fraction of sp³-hybridized carbons (Fsp3) is 0. The van der Waals surface area contributed by atoms with E-state index in [0.717, 1.165) is 72.5 Å². The van der Waals surface area contributed by atoms with Crippen molar-refractivity contribution in [1.82, 2.24) is 4.57 Å². The van der Waals surface area contributed by atoms with Crippen LogP contribution in [0.2, 0.25) is 0 Å². The molecule has 0 radical (unpaired) electrons. The zero-order valence-corrected chi connectivity index (χ0v) is 34.4. The first-order valence-corrected chi connectivity index (χ1v) is 21.5. The molecule has 12 aromatic rings. The van der Waals surface area contributed by atoms with Gasteiger partial charge in [0.15, 0.2) is 0 Å². The second-order valence-electron chi connectivity index (χ2n) is 16.1. The fourth-order valence-electron chi connectivity index (χ4n) is 9.47. The molecule has 0 aliphatic carbocycles. The maximum Gasteiger partial charge on any atom is 0.136 e. The van der Waals surface area contributed by atoms with E-state index in [9.17, 15) is 0 Å². The Hall–Kier alpha value is -8.40. The molecule has 12 rings (SSSR count). The van der Waals surface area contributed by atoms with Gasteiger partial charge in [-0.1, -0.05) is 170 Å². The fourth-order valence-corrected chi connectivity index (χ4v) is 9.47. The molecular weight excluding hydrogens is 765 g/mol. The first-order valence-electron chi connectivity index (χ1n) is 21.5. The number of anilines is 3. The van der Waals surface area contributed by atoms with Crippen LogP contribution in [0.1, 0.15) is 0 Å². The number of rotatable bonds is 8. The van der Waals surface area contributed by atoms with Gasteiger partial charge in [0.05, 0.1) is 16.7 Å². The van der Waals surface area contributed by atoms with Crippen LogP contribution in [0.4, 0.5) is 17.1 Å². The van der Waals surface area contributed by atoms with Gasteiger partial charge >= 0.3 is 0 Å². The van der Waals surface area contributed by atoms with E-state index in [-0.39, 0.29) is 0 Å². The average molecular weight is 805 g/mol. The summed E-state index contributed by atoms with van der Waals surface area (Å²) in [7, 11) is 0. The summed E-state index contributed by atoms with van der Waals surface area (Å²) in [6.45, 7) is 0. The molecule has 0 saturated carbocycles. The summed E-state index contributed by atoms with van der Waals surface area (Å²) in [4.78, 5) is 2.40. The summed E-state index contributed by atoms with van der Waals surface area (Å²) in [5.74, 6) is 0. The van der Waals surface area contributed by atoms with Gasteiger partial charge < -0.3 is 13.9 Å². The Morgan fingerprint density at radius 1 is 0.302 bits per heavy atom. The number of para-hydroxylation sites is 4. The predicted molar refractivity (Wildman–Crippen MR) is 264 cm³/mol. The summed E-state index contributed by atoms with van der Waals surface area (Å²) >= 11 is 0. The van der Waals surface area contributed by atoms with E-state index in [0.29, 0.717) is 0 Å². The van der Waals surface area contributed by atoms with Gasteiger partial charge in [0.1, 0.15) is 11.2 Å². The van der Waals surface area contributed by atoms with Crippen LogP contribution in [0.5, 0.6) is 0 Å². The van der Waals surface area contributed by atoms with Crippen molar-refractivity contribution in [3.8, 4) is 50.2 Å². The van der Waals surface area contributed by atoms with Gasteiger partial charge in [0, 0.05) is 44.2 Å². The summed E-state index contributed by atoms with van der Waals surface area (Å²) < 4.78 is 8.73. The van der Waals surface area contributed by atoms with E-state index in [1.807, 2.05) is 12.1 Å². The van der Waals surface area contributed by atoms with E-state index < -0.39 is 0 Å². The molecule has 10 aromatic carbocycles. The minimum absolute atomic E-state index is 0.886. The highest BCUT2D eigenvalue weighted by atomic mass is 16.3. The second kappa shape index (κ2) is 15.3. The maximum absolute atomic E-state index is 6.35. The van der Waals surface area contributed by atoms with Gasteiger partial charge in [-0.2, -0.15) is 0 Å². The monoisotopic (exact) mass is 804 g/mol. The van der Waals surface area contributed by atoms with Crippen LogP contribution in [0.25, 0.3) is 93.9 Å². The molecule has 0 amide bonds. The molecule has 0 spiro atoms. The van der Waals surface area contributed by atoms with E-state index >= 15 is 0 Å². The lowest BCUT2D eigenvalue weighted by Gasteiger charge is -2.29. The number of nitrogens with zero attached hydrogens (tertiary/aromatic N) is 2.